The van der Waals surface area contributed by atoms with Crippen LogP contribution in [0.5, 0.6) is 5.75 Å². The number of hydrogen-bond acceptors (Lipinski definition) is 7. The highest BCUT2D eigenvalue weighted by Gasteiger charge is 2.27. The van der Waals surface area contributed by atoms with Gasteiger partial charge in [-0.2, -0.15) is 0 Å². The minimum absolute atomic E-state index is 0.0521. The molecule has 8 nitrogen and oxygen atoms in total. The van der Waals surface area contributed by atoms with Gasteiger partial charge in [-0.1, -0.05) is 6.07 Å². The molecule has 0 bridgehead atoms. The summed E-state index contributed by atoms with van der Waals surface area (Å²) in [6.45, 7) is 11.2. The minimum atomic E-state index is -0.479. The Morgan fingerprint density at radius 2 is 1.97 bits per heavy atom. The average Bonchev–Trinajstić information content (AvgIpc) is 2.78. The molecule has 31 heavy (non-hydrogen) atoms. The zero-order valence-corrected chi connectivity index (χ0v) is 19.0. The fraction of sp³-hybridized carbons (Fsp3) is 0.696. The van der Waals surface area contributed by atoms with Gasteiger partial charge >= 0.3 is 0 Å². The zero-order valence-electron chi connectivity index (χ0n) is 19.0. The van der Waals surface area contributed by atoms with Gasteiger partial charge in [-0.05, 0) is 32.0 Å². The summed E-state index contributed by atoms with van der Waals surface area (Å²) in [5, 5.41) is 10.2. The maximum absolute atomic E-state index is 12.8. The van der Waals surface area contributed by atoms with E-state index in [0.29, 0.717) is 44.2 Å². The highest BCUT2D eigenvalue weighted by Crippen LogP contribution is 2.16. The number of benzene rings is 1. The van der Waals surface area contributed by atoms with Crippen molar-refractivity contribution in [3.8, 4) is 5.75 Å². The second-order valence-electron chi connectivity index (χ2n) is 8.61. The van der Waals surface area contributed by atoms with Gasteiger partial charge in [0.25, 0.3) is 5.91 Å². The summed E-state index contributed by atoms with van der Waals surface area (Å²) in [5.41, 5.74) is 0.666. The van der Waals surface area contributed by atoms with E-state index < -0.39 is 6.10 Å². The third kappa shape index (κ3) is 7.43. The second kappa shape index (κ2) is 11.8. The summed E-state index contributed by atoms with van der Waals surface area (Å²) in [5.74, 6) is 0.751. The molecule has 2 heterocycles. The quantitative estimate of drug-likeness (QED) is 0.619. The van der Waals surface area contributed by atoms with Gasteiger partial charge in [-0.25, -0.2) is 0 Å². The Bertz CT molecular complexity index is 694. The molecule has 0 radical (unpaired) electrons. The molecule has 2 unspecified atom stereocenters. The molecular formula is C23H37N3O5. The Kier molecular flexibility index (Phi) is 9.10. The lowest BCUT2D eigenvalue weighted by Crippen LogP contribution is -2.54. The van der Waals surface area contributed by atoms with Gasteiger partial charge in [-0.15, -0.1) is 0 Å². The van der Waals surface area contributed by atoms with Gasteiger partial charge in [0.1, 0.15) is 5.75 Å². The van der Waals surface area contributed by atoms with Crippen molar-refractivity contribution in [2.24, 2.45) is 0 Å². The van der Waals surface area contributed by atoms with Crippen LogP contribution < -0.4 is 4.74 Å². The number of aliphatic hydroxyl groups is 1. The van der Waals surface area contributed by atoms with Crippen LogP contribution in [0.4, 0.5) is 0 Å². The number of carbonyl (C=O) groups excluding carboxylic acids is 1. The van der Waals surface area contributed by atoms with E-state index in [2.05, 4.69) is 9.80 Å². The molecule has 8 heteroatoms. The molecule has 3 rings (SSSR count). The van der Waals surface area contributed by atoms with E-state index in [1.807, 2.05) is 36.9 Å². The number of hydrogen-bond donors (Lipinski definition) is 1. The van der Waals surface area contributed by atoms with Crippen molar-refractivity contribution in [2.75, 3.05) is 72.7 Å². The number of amides is 1. The Balaban J connectivity index is 1.41. The Morgan fingerprint density at radius 3 is 2.68 bits per heavy atom. The molecule has 0 spiro atoms. The first-order valence-corrected chi connectivity index (χ1v) is 11.2. The Hall–Kier alpha value is -1.71. The van der Waals surface area contributed by atoms with Crippen LogP contribution in [-0.2, 0) is 9.47 Å². The van der Waals surface area contributed by atoms with E-state index in [4.69, 9.17) is 14.2 Å². The standard InChI is InChI=1S/C23H37N3O5/c1-18(2)31-17-20(27)14-25-11-12-30-22(16-25)15-24-7-9-26(10-8-24)23(28)19-5-4-6-21(13-19)29-3/h4-6,13,18,20,22,27H,7-12,14-17H2,1-3H3. The predicted octanol–water partition coefficient (Wildman–Crippen LogP) is 0.940. The molecule has 1 amide bonds. The topological polar surface area (TPSA) is 74.7 Å². The van der Waals surface area contributed by atoms with Crippen molar-refractivity contribution in [1.29, 1.82) is 0 Å². The monoisotopic (exact) mass is 435 g/mol. The normalized spacial score (nSPS) is 22.0. The molecular weight excluding hydrogens is 398 g/mol. The maximum atomic E-state index is 12.8. The lowest BCUT2D eigenvalue weighted by Gasteiger charge is -2.39. The van der Waals surface area contributed by atoms with Gasteiger partial charge in [0.05, 0.1) is 38.6 Å². The summed E-state index contributed by atoms with van der Waals surface area (Å²) < 4.78 is 16.7. The summed E-state index contributed by atoms with van der Waals surface area (Å²) in [7, 11) is 1.61. The van der Waals surface area contributed by atoms with E-state index in [0.717, 1.165) is 32.7 Å². The molecule has 2 saturated heterocycles. The third-order valence-electron chi connectivity index (χ3n) is 5.75. The summed E-state index contributed by atoms with van der Waals surface area (Å²) in [6.07, 6.45) is -0.235. The van der Waals surface area contributed by atoms with E-state index >= 15 is 0 Å². The first kappa shape index (κ1) is 23.9. The van der Waals surface area contributed by atoms with Crippen LogP contribution in [0.1, 0.15) is 24.2 Å². The van der Waals surface area contributed by atoms with Crippen LogP contribution >= 0.6 is 0 Å². The fourth-order valence-electron chi connectivity index (χ4n) is 4.07. The van der Waals surface area contributed by atoms with Gasteiger partial charge < -0.3 is 24.2 Å². The predicted molar refractivity (Wildman–Crippen MR) is 119 cm³/mol. The molecule has 2 atom stereocenters. The molecule has 1 aromatic carbocycles. The number of β-amino-alcohol motifs (C(OH)–C–C–N with tert-alkyl or cyclic N) is 1. The second-order valence-corrected chi connectivity index (χ2v) is 8.61. The van der Waals surface area contributed by atoms with Crippen LogP contribution in [0.15, 0.2) is 24.3 Å². The van der Waals surface area contributed by atoms with Crippen LogP contribution in [0.3, 0.4) is 0 Å². The SMILES string of the molecule is COc1cccc(C(=O)N2CCN(CC3CN(CC(O)COC(C)C)CCO3)CC2)c1. The number of morpholine rings is 1. The maximum Gasteiger partial charge on any atom is 0.254 e. The molecule has 2 aliphatic heterocycles. The van der Waals surface area contributed by atoms with Gasteiger partial charge in [-0.3, -0.25) is 14.6 Å². The Labute approximate surface area is 185 Å². The number of piperazine rings is 1. The lowest BCUT2D eigenvalue weighted by atomic mass is 10.1. The van der Waals surface area contributed by atoms with Gasteiger partial charge in [0.15, 0.2) is 0 Å². The van der Waals surface area contributed by atoms with Crippen LogP contribution in [0.2, 0.25) is 0 Å². The van der Waals surface area contributed by atoms with E-state index in [9.17, 15) is 9.90 Å². The number of aliphatic hydroxyl groups excluding tert-OH is 1. The third-order valence-corrected chi connectivity index (χ3v) is 5.75. The number of ether oxygens (including phenoxy) is 3. The number of rotatable bonds is 9. The van der Waals surface area contributed by atoms with Crippen molar-refractivity contribution < 1.29 is 24.1 Å². The number of methoxy groups -OCH3 is 1. The molecule has 2 fully saturated rings. The molecule has 0 aromatic heterocycles. The van der Waals surface area contributed by atoms with E-state index in [1.54, 1.807) is 13.2 Å². The van der Waals surface area contributed by atoms with Crippen LogP contribution in [0, 0.1) is 0 Å². The Morgan fingerprint density at radius 1 is 1.19 bits per heavy atom. The average molecular weight is 436 g/mol. The highest BCUT2D eigenvalue weighted by atomic mass is 16.5. The molecule has 1 N–H and O–H groups in total. The van der Waals surface area contributed by atoms with Crippen molar-refractivity contribution in [2.45, 2.75) is 32.2 Å². The largest absolute Gasteiger partial charge is 0.497 e. The molecule has 0 aliphatic carbocycles. The van der Waals surface area contributed by atoms with Gasteiger partial charge in [0, 0.05) is 57.9 Å². The van der Waals surface area contributed by atoms with Crippen molar-refractivity contribution in [3.05, 3.63) is 29.8 Å². The molecule has 174 valence electrons. The minimum Gasteiger partial charge on any atom is -0.497 e. The van der Waals surface area contributed by atoms with E-state index in [1.165, 1.54) is 0 Å². The van der Waals surface area contributed by atoms with Crippen molar-refractivity contribution in [1.82, 2.24) is 14.7 Å². The first-order chi connectivity index (χ1) is 14.9. The molecule has 0 saturated carbocycles. The zero-order chi connectivity index (χ0) is 22.2. The lowest BCUT2D eigenvalue weighted by molar-refractivity contribution is -0.0670. The van der Waals surface area contributed by atoms with Crippen molar-refractivity contribution >= 4 is 5.91 Å². The van der Waals surface area contributed by atoms with Crippen LogP contribution in [0.25, 0.3) is 0 Å². The van der Waals surface area contributed by atoms with Gasteiger partial charge in [0.2, 0.25) is 0 Å². The number of carbonyl (C=O) groups is 1. The highest BCUT2D eigenvalue weighted by molar-refractivity contribution is 5.94. The fourth-order valence-corrected chi connectivity index (χ4v) is 4.07. The summed E-state index contributed by atoms with van der Waals surface area (Å²) in [4.78, 5) is 19.3. The van der Waals surface area contributed by atoms with E-state index in [-0.39, 0.29) is 18.1 Å². The first-order valence-electron chi connectivity index (χ1n) is 11.2. The number of nitrogens with zero attached hydrogens (tertiary/aromatic N) is 3. The molecule has 1 aromatic rings. The smallest absolute Gasteiger partial charge is 0.254 e. The summed E-state index contributed by atoms with van der Waals surface area (Å²) in [6, 6.07) is 7.32. The van der Waals surface area contributed by atoms with Crippen molar-refractivity contribution in [3.63, 3.8) is 0 Å². The molecule has 2 aliphatic rings. The summed E-state index contributed by atoms with van der Waals surface area (Å²) >= 11 is 0. The van der Waals surface area contributed by atoms with Crippen LogP contribution in [-0.4, -0.2) is 117 Å².